The molecule has 0 spiro atoms. The summed E-state index contributed by atoms with van der Waals surface area (Å²) in [6.45, 7) is 1.79. The number of aryl methyl sites for hydroxylation is 1. The van der Waals surface area contributed by atoms with Crippen LogP contribution in [-0.2, 0) is 0 Å². The number of halogens is 2. The molecule has 1 aromatic heterocycles. The van der Waals surface area contributed by atoms with E-state index in [1.807, 2.05) is 0 Å². The lowest BCUT2D eigenvalue weighted by molar-refractivity contribution is 0.502. The molecule has 0 aliphatic heterocycles. The molecule has 3 nitrogen and oxygen atoms in total. The number of benzene rings is 1. The van der Waals surface area contributed by atoms with Gasteiger partial charge in [0.1, 0.15) is 5.76 Å². The van der Waals surface area contributed by atoms with Crippen molar-refractivity contribution in [3.8, 4) is 0 Å². The summed E-state index contributed by atoms with van der Waals surface area (Å²) in [5.41, 5.74) is 3.84. The first kappa shape index (κ1) is 11.8. The van der Waals surface area contributed by atoms with Crippen molar-refractivity contribution in [1.29, 1.82) is 0 Å². The highest BCUT2D eigenvalue weighted by atomic mass is 19.2. The van der Waals surface area contributed by atoms with Crippen molar-refractivity contribution in [3.63, 3.8) is 0 Å². The monoisotopic (exact) mass is 238 g/mol. The van der Waals surface area contributed by atoms with Crippen molar-refractivity contribution >= 4 is 0 Å². The van der Waals surface area contributed by atoms with E-state index in [0.717, 1.165) is 23.5 Å². The SMILES string of the molecule is Cc1cc(C(NN)c2ccc(F)c(F)c2)co1. The number of rotatable bonds is 3. The summed E-state index contributed by atoms with van der Waals surface area (Å²) >= 11 is 0. The molecule has 90 valence electrons. The minimum Gasteiger partial charge on any atom is -0.469 e. The fourth-order valence-corrected chi connectivity index (χ4v) is 1.69. The van der Waals surface area contributed by atoms with E-state index in [1.165, 1.54) is 12.3 Å². The first-order valence-electron chi connectivity index (χ1n) is 5.08. The Kier molecular flexibility index (Phi) is 3.21. The molecule has 1 unspecified atom stereocenters. The Morgan fingerprint density at radius 2 is 1.94 bits per heavy atom. The minimum absolute atomic E-state index is 0.428. The summed E-state index contributed by atoms with van der Waals surface area (Å²) in [7, 11) is 0. The Balaban J connectivity index is 2.38. The molecule has 1 aromatic carbocycles. The van der Waals surface area contributed by atoms with Crippen LogP contribution in [0, 0.1) is 18.6 Å². The largest absolute Gasteiger partial charge is 0.469 e. The summed E-state index contributed by atoms with van der Waals surface area (Å²) < 4.78 is 31.1. The van der Waals surface area contributed by atoms with Gasteiger partial charge in [0.15, 0.2) is 11.6 Å². The second-order valence-corrected chi connectivity index (χ2v) is 3.76. The van der Waals surface area contributed by atoms with Crippen molar-refractivity contribution in [2.45, 2.75) is 13.0 Å². The molecule has 5 heteroatoms. The molecule has 0 saturated heterocycles. The maximum atomic E-state index is 13.1. The molecule has 0 bridgehead atoms. The zero-order valence-corrected chi connectivity index (χ0v) is 9.21. The molecule has 2 aromatic rings. The van der Waals surface area contributed by atoms with Crippen molar-refractivity contribution in [3.05, 3.63) is 59.1 Å². The second kappa shape index (κ2) is 4.65. The summed E-state index contributed by atoms with van der Waals surface area (Å²) in [5, 5.41) is 0. The maximum absolute atomic E-state index is 13.1. The van der Waals surface area contributed by atoms with Gasteiger partial charge in [-0.2, -0.15) is 0 Å². The van der Waals surface area contributed by atoms with Gasteiger partial charge < -0.3 is 4.42 Å². The predicted octanol–water partition coefficient (Wildman–Crippen LogP) is 2.42. The summed E-state index contributed by atoms with van der Waals surface area (Å²) in [6, 6.07) is 5.02. The average Bonchev–Trinajstić information content (AvgIpc) is 2.71. The third-order valence-electron chi connectivity index (χ3n) is 2.53. The molecule has 0 radical (unpaired) electrons. The Morgan fingerprint density at radius 1 is 1.18 bits per heavy atom. The zero-order valence-electron chi connectivity index (χ0n) is 9.21. The number of furan rings is 1. The van der Waals surface area contributed by atoms with Crippen LogP contribution in [0.3, 0.4) is 0 Å². The van der Waals surface area contributed by atoms with Crippen LogP contribution in [0.2, 0.25) is 0 Å². The minimum atomic E-state index is -0.900. The van der Waals surface area contributed by atoms with Crippen molar-refractivity contribution in [2.75, 3.05) is 0 Å². The molecule has 3 N–H and O–H groups in total. The molecule has 2 rings (SSSR count). The Bertz CT molecular complexity index is 525. The molecule has 17 heavy (non-hydrogen) atoms. The normalized spacial score (nSPS) is 12.7. The van der Waals surface area contributed by atoms with Crippen LogP contribution in [-0.4, -0.2) is 0 Å². The average molecular weight is 238 g/mol. The van der Waals surface area contributed by atoms with Crippen LogP contribution in [0.5, 0.6) is 0 Å². The van der Waals surface area contributed by atoms with E-state index < -0.39 is 17.7 Å². The molecule has 0 aliphatic carbocycles. The number of hydrogen-bond acceptors (Lipinski definition) is 3. The van der Waals surface area contributed by atoms with E-state index in [1.54, 1.807) is 13.0 Å². The van der Waals surface area contributed by atoms with Crippen molar-refractivity contribution in [1.82, 2.24) is 5.43 Å². The smallest absolute Gasteiger partial charge is 0.159 e. The van der Waals surface area contributed by atoms with Crippen LogP contribution in [0.1, 0.15) is 22.9 Å². The van der Waals surface area contributed by atoms with Gasteiger partial charge in [-0.05, 0) is 30.7 Å². The highest BCUT2D eigenvalue weighted by molar-refractivity contribution is 5.31. The molecule has 1 heterocycles. The number of hydrazine groups is 1. The van der Waals surface area contributed by atoms with Gasteiger partial charge in [0, 0.05) is 5.56 Å². The number of hydrogen-bond donors (Lipinski definition) is 2. The maximum Gasteiger partial charge on any atom is 0.159 e. The quantitative estimate of drug-likeness (QED) is 0.637. The fourth-order valence-electron chi connectivity index (χ4n) is 1.69. The lowest BCUT2D eigenvalue weighted by Gasteiger charge is -2.14. The van der Waals surface area contributed by atoms with E-state index in [-0.39, 0.29) is 0 Å². The second-order valence-electron chi connectivity index (χ2n) is 3.76. The van der Waals surface area contributed by atoms with E-state index in [2.05, 4.69) is 5.43 Å². The van der Waals surface area contributed by atoms with E-state index in [0.29, 0.717) is 5.56 Å². The van der Waals surface area contributed by atoms with Gasteiger partial charge in [-0.15, -0.1) is 0 Å². The van der Waals surface area contributed by atoms with Crippen molar-refractivity contribution < 1.29 is 13.2 Å². The Hall–Kier alpha value is -1.72. The van der Waals surface area contributed by atoms with Gasteiger partial charge in [-0.25, -0.2) is 14.2 Å². The van der Waals surface area contributed by atoms with E-state index in [4.69, 9.17) is 10.3 Å². The molecule has 1 atom stereocenters. The molecular weight excluding hydrogens is 226 g/mol. The predicted molar refractivity (Wildman–Crippen MR) is 59.0 cm³/mol. The van der Waals surface area contributed by atoms with Crippen LogP contribution < -0.4 is 11.3 Å². The first-order valence-corrected chi connectivity index (χ1v) is 5.08. The molecule has 0 fully saturated rings. The van der Waals surface area contributed by atoms with Gasteiger partial charge in [-0.3, -0.25) is 5.84 Å². The lowest BCUT2D eigenvalue weighted by atomic mass is 10.0. The number of nitrogens with one attached hydrogen (secondary N) is 1. The van der Waals surface area contributed by atoms with Gasteiger partial charge in [-0.1, -0.05) is 6.07 Å². The lowest BCUT2D eigenvalue weighted by Crippen LogP contribution is -2.28. The van der Waals surface area contributed by atoms with Crippen LogP contribution >= 0.6 is 0 Å². The van der Waals surface area contributed by atoms with E-state index in [9.17, 15) is 8.78 Å². The first-order chi connectivity index (χ1) is 8.11. The van der Waals surface area contributed by atoms with Crippen LogP contribution in [0.4, 0.5) is 8.78 Å². The molecule has 0 amide bonds. The summed E-state index contributed by atoms with van der Waals surface area (Å²) in [4.78, 5) is 0. The number of nitrogens with two attached hydrogens (primary N) is 1. The topological polar surface area (TPSA) is 51.2 Å². The van der Waals surface area contributed by atoms with Gasteiger partial charge >= 0.3 is 0 Å². The summed E-state index contributed by atoms with van der Waals surface area (Å²) in [5.74, 6) is 4.37. The van der Waals surface area contributed by atoms with Gasteiger partial charge in [0.2, 0.25) is 0 Å². The highest BCUT2D eigenvalue weighted by Gasteiger charge is 2.16. The van der Waals surface area contributed by atoms with E-state index >= 15 is 0 Å². The van der Waals surface area contributed by atoms with Gasteiger partial charge in [0.25, 0.3) is 0 Å². The molecule has 0 aliphatic rings. The standard InChI is InChI=1S/C12H12F2N2O/c1-7-4-9(6-17-7)12(16-15)8-2-3-10(13)11(14)5-8/h2-6,12,16H,15H2,1H3. The Morgan fingerprint density at radius 3 is 2.47 bits per heavy atom. The third-order valence-corrected chi connectivity index (χ3v) is 2.53. The Labute approximate surface area is 97.2 Å². The fraction of sp³-hybridized carbons (Fsp3) is 0.167. The third kappa shape index (κ3) is 2.35. The summed E-state index contributed by atoms with van der Waals surface area (Å²) in [6.07, 6.45) is 1.53. The van der Waals surface area contributed by atoms with Gasteiger partial charge in [0.05, 0.1) is 12.3 Å². The molecule has 0 saturated carbocycles. The van der Waals surface area contributed by atoms with Crippen LogP contribution in [0.15, 0.2) is 34.9 Å². The van der Waals surface area contributed by atoms with Crippen LogP contribution in [0.25, 0.3) is 0 Å². The zero-order chi connectivity index (χ0) is 12.4. The van der Waals surface area contributed by atoms with Crippen molar-refractivity contribution in [2.24, 2.45) is 5.84 Å². The highest BCUT2D eigenvalue weighted by Crippen LogP contribution is 2.24. The molecular formula is C12H12F2N2O.